The van der Waals surface area contributed by atoms with Gasteiger partial charge in [0.2, 0.25) is 0 Å². The molecule has 0 spiro atoms. The summed E-state index contributed by atoms with van der Waals surface area (Å²) in [6.45, 7) is 0.276. The van der Waals surface area contributed by atoms with Gasteiger partial charge in [-0.25, -0.2) is 0 Å². The maximum absolute atomic E-state index is 10.1. The molecule has 1 aliphatic rings. The van der Waals surface area contributed by atoms with Crippen molar-refractivity contribution in [2.75, 3.05) is 13.7 Å². The van der Waals surface area contributed by atoms with Gasteiger partial charge in [-0.2, -0.15) is 0 Å². The number of hydrogen-bond acceptors (Lipinski definition) is 3. The van der Waals surface area contributed by atoms with Crippen molar-refractivity contribution in [2.45, 2.75) is 25.0 Å². The Balaban J connectivity index is 1.64. The van der Waals surface area contributed by atoms with Crippen molar-refractivity contribution in [2.24, 2.45) is 0 Å². The van der Waals surface area contributed by atoms with Crippen LogP contribution in [-0.2, 0) is 6.42 Å². The zero-order valence-corrected chi connectivity index (χ0v) is 12.3. The number of aliphatic hydroxyl groups excluding tert-OH is 1. The molecule has 3 rings (SSSR count). The Labute approximate surface area is 125 Å². The highest BCUT2D eigenvalue weighted by Crippen LogP contribution is 2.33. The highest BCUT2D eigenvalue weighted by atomic mass is 16.5. The van der Waals surface area contributed by atoms with Gasteiger partial charge < -0.3 is 15.2 Å². The van der Waals surface area contributed by atoms with Crippen molar-refractivity contribution in [1.29, 1.82) is 0 Å². The third kappa shape index (κ3) is 3.09. The van der Waals surface area contributed by atoms with E-state index in [9.17, 15) is 5.11 Å². The molecule has 110 valence electrons. The molecule has 0 saturated heterocycles. The molecular weight excluding hydrogens is 262 g/mol. The summed E-state index contributed by atoms with van der Waals surface area (Å²) in [5.74, 6) is 0.834. The minimum absolute atomic E-state index is 0.276. The minimum atomic E-state index is -0.593. The summed E-state index contributed by atoms with van der Waals surface area (Å²) in [5, 5.41) is 13.5. The second-order valence-corrected chi connectivity index (χ2v) is 5.48. The molecule has 0 aromatic heterocycles. The topological polar surface area (TPSA) is 41.5 Å². The maximum atomic E-state index is 10.1. The molecule has 0 aliphatic heterocycles. The molecule has 2 unspecified atom stereocenters. The van der Waals surface area contributed by atoms with Crippen molar-refractivity contribution < 1.29 is 9.84 Å². The van der Waals surface area contributed by atoms with E-state index in [2.05, 4.69) is 17.4 Å². The van der Waals surface area contributed by atoms with E-state index in [-0.39, 0.29) is 6.61 Å². The summed E-state index contributed by atoms with van der Waals surface area (Å²) in [4.78, 5) is 0. The van der Waals surface area contributed by atoms with Gasteiger partial charge in [0, 0.05) is 6.04 Å². The van der Waals surface area contributed by atoms with Crippen LogP contribution in [0, 0.1) is 0 Å². The molecular formula is C18H21NO2. The molecule has 0 radical (unpaired) electrons. The zero-order valence-electron chi connectivity index (χ0n) is 12.3. The Bertz CT molecular complexity index is 597. The fraction of sp³-hybridized carbons (Fsp3) is 0.333. The SMILES string of the molecule is CNC1CCc2cc(OCC(O)c3ccccc3)ccc21. The lowest BCUT2D eigenvalue weighted by Crippen LogP contribution is -2.13. The number of aryl methyl sites for hydroxylation is 1. The first kappa shape index (κ1) is 14.1. The van der Waals surface area contributed by atoms with Gasteiger partial charge in [-0.15, -0.1) is 0 Å². The predicted octanol–water partition coefficient (Wildman–Crippen LogP) is 3.01. The standard InChI is InChI=1S/C18H21NO2/c1-19-17-10-7-14-11-15(8-9-16(14)17)21-12-18(20)13-5-3-2-4-6-13/h2-6,8-9,11,17-20H,7,10,12H2,1H3. The largest absolute Gasteiger partial charge is 0.491 e. The molecule has 21 heavy (non-hydrogen) atoms. The predicted molar refractivity (Wildman–Crippen MR) is 83.5 cm³/mol. The van der Waals surface area contributed by atoms with Crippen LogP contribution in [0.15, 0.2) is 48.5 Å². The molecule has 2 atom stereocenters. The Kier molecular flexibility index (Phi) is 4.23. The van der Waals surface area contributed by atoms with E-state index in [1.54, 1.807) is 0 Å². The van der Waals surface area contributed by atoms with Crippen LogP contribution in [-0.4, -0.2) is 18.8 Å². The Morgan fingerprint density at radius 1 is 1.24 bits per heavy atom. The van der Waals surface area contributed by atoms with Crippen LogP contribution >= 0.6 is 0 Å². The molecule has 3 heteroatoms. The molecule has 0 saturated carbocycles. The average Bonchev–Trinajstić information content (AvgIpc) is 2.95. The van der Waals surface area contributed by atoms with Gasteiger partial charge >= 0.3 is 0 Å². The second kappa shape index (κ2) is 6.29. The molecule has 2 aromatic carbocycles. The molecule has 2 N–H and O–H groups in total. The van der Waals surface area contributed by atoms with Gasteiger partial charge in [0.25, 0.3) is 0 Å². The first-order chi connectivity index (χ1) is 10.3. The fourth-order valence-electron chi connectivity index (χ4n) is 2.93. The van der Waals surface area contributed by atoms with Crippen molar-refractivity contribution in [3.05, 3.63) is 65.2 Å². The quantitative estimate of drug-likeness (QED) is 0.886. The number of rotatable bonds is 5. The van der Waals surface area contributed by atoms with E-state index in [0.29, 0.717) is 6.04 Å². The van der Waals surface area contributed by atoms with E-state index >= 15 is 0 Å². The van der Waals surface area contributed by atoms with Gasteiger partial charge in [0.15, 0.2) is 0 Å². The Hall–Kier alpha value is -1.84. The van der Waals surface area contributed by atoms with E-state index in [0.717, 1.165) is 24.2 Å². The Morgan fingerprint density at radius 2 is 2.05 bits per heavy atom. The fourth-order valence-corrected chi connectivity index (χ4v) is 2.93. The lowest BCUT2D eigenvalue weighted by molar-refractivity contribution is 0.108. The minimum Gasteiger partial charge on any atom is -0.491 e. The van der Waals surface area contributed by atoms with E-state index in [4.69, 9.17) is 4.74 Å². The first-order valence-corrected chi connectivity index (χ1v) is 7.44. The van der Waals surface area contributed by atoms with Crippen LogP contribution in [0.3, 0.4) is 0 Å². The lowest BCUT2D eigenvalue weighted by Gasteiger charge is -2.14. The first-order valence-electron chi connectivity index (χ1n) is 7.44. The molecule has 3 nitrogen and oxygen atoms in total. The van der Waals surface area contributed by atoms with Crippen LogP contribution < -0.4 is 10.1 Å². The Morgan fingerprint density at radius 3 is 2.81 bits per heavy atom. The lowest BCUT2D eigenvalue weighted by atomic mass is 10.1. The summed E-state index contributed by atoms with van der Waals surface area (Å²) < 4.78 is 5.75. The normalized spacial score (nSPS) is 18.3. The van der Waals surface area contributed by atoms with Crippen molar-refractivity contribution in [1.82, 2.24) is 5.32 Å². The average molecular weight is 283 g/mol. The number of hydrogen-bond donors (Lipinski definition) is 2. The maximum Gasteiger partial charge on any atom is 0.119 e. The van der Waals surface area contributed by atoms with Crippen LogP contribution in [0.2, 0.25) is 0 Å². The molecule has 0 heterocycles. The summed E-state index contributed by atoms with van der Waals surface area (Å²) in [7, 11) is 2.00. The number of nitrogens with one attached hydrogen (secondary N) is 1. The van der Waals surface area contributed by atoms with E-state index < -0.39 is 6.10 Å². The highest BCUT2D eigenvalue weighted by Gasteiger charge is 2.21. The van der Waals surface area contributed by atoms with Crippen molar-refractivity contribution in [3.8, 4) is 5.75 Å². The van der Waals surface area contributed by atoms with Crippen molar-refractivity contribution in [3.63, 3.8) is 0 Å². The van der Waals surface area contributed by atoms with Gasteiger partial charge in [0.1, 0.15) is 18.5 Å². The third-order valence-electron chi connectivity index (χ3n) is 4.13. The number of fused-ring (bicyclic) bond motifs is 1. The smallest absolute Gasteiger partial charge is 0.119 e. The number of ether oxygens (including phenoxy) is 1. The van der Waals surface area contributed by atoms with Gasteiger partial charge in [-0.3, -0.25) is 0 Å². The van der Waals surface area contributed by atoms with Crippen molar-refractivity contribution >= 4 is 0 Å². The van der Waals surface area contributed by atoms with Crippen LogP contribution in [0.4, 0.5) is 0 Å². The van der Waals surface area contributed by atoms with Gasteiger partial charge in [-0.1, -0.05) is 36.4 Å². The third-order valence-corrected chi connectivity index (χ3v) is 4.13. The number of aliphatic hydroxyl groups is 1. The van der Waals surface area contributed by atoms with E-state index in [1.807, 2.05) is 43.4 Å². The zero-order chi connectivity index (χ0) is 14.7. The summed E-state index contributed by atoms with van der Waals surface area (Å²) in [6.07, 6.45) is 1.63. The summed E-state index contributed by atoms with van der Waals surface area (Å²) in [6, 6.07) is 16.3. The molecule has 0 bridgehead atoms. The monoisotopic (exact) mass is 283 g/mol. The van der Waals surface area contributed by atoms with E-state index in [1.165, 1.54) is 11.1 Å². The number of benzene rings is 2. The highest BCUT2D eigenvalue weighted by molar-refractivity contribution is 5.40. The second-order valence-electron chi connectivity index (χ2n) is 5.48. The van der Waals surface area contributed by atoms with Crippen LogP contribution in [0.1, 0.15) is 35.3 Å². The van der Waals surface area contributed by atoms with Gasteiger partial charge in [0.05, 0.1) is 0 Å². The molecule has 1 aliphatic carbocycles. The summed E-state index contributed by atoms with van der Waals surface area (Å²) >= 11 is 0. The molecule has 0 fully saturated rings. The molecule has 0 amide bonds. The van der Waals surface area contributed by atoms with Crippen LogP contribution in [0.5, 0.6) is 5.75 Å². The summed E-state index contributed by atoms with van der Waals surface area (Å²) in [5.41, 5.74) is 3.60. The molecule has 2 aromatic rings. The van der Waals surface area contributed by atoms with Crippen LogP contribution in [0.25, 0.3) is 0 Å². The van der Waals surface area contributed by atoms with Gasteiger partial charge in [-0.05, 0) is 48.7 Å².